The second kappa shape index (κ2) is 9.69. The first-order valence-corrected chi connectivity index (χ1v) is 9.19. The summed E-state index contributed by atoms with van der Waals surface area (Å²) in [5.74, 6) is -1.19. The van der Waals surface area contributed by atoms with E-state index in [9.17, 15) is 14.4 Å². The van der Waals surface area contributed by atoms with E-state index in [1.165, 1.54) is 6.92 Å². The largest absolute Gasteiger partial charge is 0.452 e. The fraction of sp³-hybridized carbons (Fsp3) is 0.318. The summed E-state index contributed by atoms with van der Waals surface area (Å²) >= 11 is 0. The summed E-state index contributed by atoms with van der Waals surface area (Å²) in [7, 11) is 0. The number of esters is 1. The van der Waals surface area contributed by atoms with Crippen LogP contribution in [-0.2, 0) is 14.3 Å². The molecule has 6 nitrogen and oxygen atoms in total. The SMILES string of the molecule is Cc1ccc(C)c(NC(=O)C(C)OC(=O)CCNC(=O)c2ccccc2C)c1. The molecule has 2 amide bonds. The predicted octanol–water partition coefficient (Wildman–Crippen LogP) is 3.30. The molecule has 148 valence electrons. The fourth-order valence-electron chi connectivity index (χ4n) is 2.62. The lowest BCUT2D eigenvalue weighted by molar-refractivity contribution is -0.153. The number of aryl methyl sites for hydroxylation is 3. The second-order valence-electron chi connectivity index (χ2n) is 6.76. The number of carbonyl (C=O) groups is 3. The quantitative estimate of drug-likeness (QED) is 0.720. The normalized spacial score (nSPS) is 11.4. The van der Waals surface area contributed by atoms with Crippen molar-refractivity contribution in [3.05, 3.63) is 64.7 Å². The van der Waals surface area contributed by atoms with Gasteiger partial charge in [0.25, 0.3) is 11.8 Å². The third kappa shape index (κ3) is 5.94. The van der Waals surface area contributed by atoms with Crippen molar-refractivity contribution in [3.63, 3.8) is 0 Å². The zero-order valence-corrected chi connectivity index (χ0v) is 16.7. The van der Waals surface area contributed by atoms with E-state index in [0.717, 1.165) is 16.7 Å². The van der Waals surface area contributed by atoms with Crippen LogP contribution in [-0.4, -0.2) is 30.4 Å². The van der Waals surface area contributed by atoms with Gasteiger partial charge in [0.15, 0.2) is 6.10 Å². The van der Waals surface area contributed by atoms with Crippen molar-refractivity contribution in [1.82, 2.24) is 5.32 Å². The number of hydrogen-bond acceptors (Lipinski definition) is 4. The zero-order valence-electron chi connectivity index (χ0n) is 16.7. The van der Waals surface area contributed by atoms with Crippen molar-refractivity contribution in [3.8, 4) is 0 Å². The van der Waals surface area contributed by atoms with E-state index in [0.29, 0.717) is 11.3 Å². The number of anilines is 1. The lowest BCUT2D eigenvalue weighted by atomic mass is 10.1. The van der Waals surface area contributed by atoms with Gasteiger partial charge in [0.2, 0.25) is 0 Å². The summed E-state index contributed by atoms with van der Waals surface area (Å²) in [6.07, 6.45) is -0.946. The minimum absolute atomic E-state index is 0.0152. The van der Waals surface area contributed by atoms with Crippen molar-refractivity contribution in [1.29, 1.82) is 0 Å². The van der Waals surface area contributed by atoms with Gasteiger partial charge in [0.1, 0.15) is 0 Å². The molecule has 0 bridgehead atoms. The van der Waals surface area contributed by atoms with Gasteiger partial charge in [-0.25, -0.2) is 0 Å². The van der Waals surface area contributed by atoms with E-state index in [2.05, 4.69) is 10.6 Å². The van der Waals surface area contributed by atoms with Crippen LogP contribution < -0.4 is 10.6 Å². The van der Waals surface area contributed by atoms with Gasteiger partial charge >= 0.3 is 5.97 Å². The van der Waals surface area contributed by atoms with Crippen molar-refractivity contribution < 1.29 is 19.1 Å². The van der Waals surface area contributed by atoms with Crippen LogP contribution in [0.5, 0.6) is 0 Å². The number of hydrogen-bond donors (Lipinski definition) is 2. The van der Waals surface area contributed by atoms with Gasteiger partial charge in [-0.15, -0.1) is 0 Å². The van der Waals surface area contributed by atoms with Gasteiger partial charge in [-0.3, -0.25) is 14.4 Å². The molecule has 28 heavy (non-hydrogen) atoms. The molecule has 0 aromatic heterocycles. The summed E-state index contributed by atoms with van der Waals surface area (Å²) in [5, 5.41) is 5.46. The van der Waals surface area contributed by atoms with Gasteiger partial charge in [-0.1, -0.05) is 30.3 Å². The molecule has 0 fully saturated rings. The maximum Gasteiger partial charge on any atom is 0.308 e. The van der Waals surface area contributed by atoms with Crippen molar-refractivity contribution >= 4 is 23.5 Å². The van der Waals surface area contributed by atoms with Gasteiger partial charge in [0.05, 0.1) is 6.42 Å². The van der Waals surface area contributed by atoms with E-state index in [4.69, 9.17) is 4.74 Å². The molecule has 2 aromatic carbocycles. The minimum Gasteiger partial charge on any atom is -0.452 e. The average Bonchev–Trinajstić information content (AvgIpc) is 2.64. The molecular weight excluding hydrogens is 356 g/mol. The highest BCUT2D eigenvalue weighted by Crippen LogP contribution is 2.17. The third-order valence-electron chi connectivity index (χ3n) is 4.33. The molecule has 1 unspecified atom stereocenters. The van der Waals surface area contributed by atoms with Crippen LogP contribution in [0.25, 0.3) is 0 Å². The lowest BCUT2D eigenvalue weighted by Crippen LogP contribution is -2.32. The minimum atomic E-state index is -0.931. The number of nitrogens with one attached hydrogen (secondary N) is 2. The van der Waals surface area contributed by atoms with E-state index in [1.54, 1.807) is 12.1 Å². The Bertz CT molecular complexity index is 877. The molecule has 2 aromatic rings. The third-order valence-corrected chi connectivity index (χ3v) is 4.33. The number of ether oxygens (including phenoxy) is 1. The summed E-state index contributed by atoms with van der Waals surface area (Å²) in [6, 6.07) is 12.9. The lowest BCUT2D eigenvalue weighted by Gasteiger charge is -2.15. The molecule has 2 N–H and O–H groups in total. The number of rotatable bonds is 7. The maximum atomic E-state index is 12.3. The second-order valence-corrected chi connectivity index (χ2v) is 6.76. The molecular formula is C22H26N2O4. The molecule has 0 spiro atoms. The van der Waals surface area contributed by atoms with Crippen molar-refractivity contribution in [2.24, 2.45) is 0 Å². The Morgan fingerprint density at radius 2 is 1.71 bits per heavy atom. The van der Waals surface area contributed by atoms with Gasteiger partial charge in [0, 0.05) is 17.8 Å². The number of benzene rings is 2. The standard InChI is InChI=1S/C22H26N2O4/c1-14-9-10-16(3)19(13-14)24-21(26)17(4)28-20(25)11-12-23-22(27)18-8-6-5-7-15(18)2/h5-10,13,17H,11-12H2,1-4H3,(H,23,27)(H,24,26). The van der Waals surface area contributed by atoms with E-state index in [-0.39, 0.29) is 18.9 Å². The molecule has 2 rings (SSSR count). The molecule has 0 aliphatic carbocycles. The monoisotopic (exact) mass is 382 g/mol. The Morgan fingerprint density at radius 1 is 1.00 bits per heavy atom. The predicted molar refractivity (Wildman–Crippen MR) is 108 cm³/mol. The highest BCUT2D eigenvalue weighted by molar-refractivity contribution is 5.96. The molecule has 6 heteroatoms. The first kappa shape index (κ1) is 21.2. The first-order valence-electron chi connectivity index (χ1n) is 9.19. The Labute approximate surface area is 165 Å². The molecule has 0 saturated carbocycles. The maximum absolute atomic E-state index is 12.3. The van der Waals surface area contributed by atoms with Crippen molar-refractivity contribution in [2.45, 2.75) is 40.2 Å². The zero-order chi connectivity index (χ0) is 20.7. The van der Waals surface area contributed by atoms with Crippen LogP contribution in [0.15, 0.2) is 42.5 Å². The Morgan fingerprint density at radius 3 is 2.43 bits per heavy atom. The summed E-state index contributed by atoms with van der Waals surface area (Å²) in [4.78, 5) is 36.3. The topological polar surface area (TPSA) is 84.5 Å². The molecule has 1 atom stereocenters. The summed E-state index contributed by atoms with van der Waals surface area (Å²) in [5.41, 5.74) is 4.07. The average molecular weight is 382 g/mol. The Kier molecular flexibility index (Phi) is 7.32. The van der Waals surface area contributed by atoms with Gasteiger partial charge in [-0.2, -0.15) is 0 Å². The number of amides is 2. The van der Waals surface area contributed by atoms with E-state index < -0.39 is 18.0 Å². The molecule has 0 aliphatic heterocycles. The van der Waals surface area contributed by atoms with Gasteiger partial charge < -0.3 is 15.4 Å². The fourth-order valence-corrected chi connectivity index (χ4v) is 2.62. The van der Waals surface area contributed by atoms with Crippen LogP contribution >= 0.6 is 0 Å². The highest BCUT2D eigenvalue weighted by atomic mass is 16.5. The summed E-state index contributed by atoms with van der Waals surface area (Å²) in [6.45, 7) is 7.33. The Balaban J connectivity index is 1.79. The highest BCUT2D eigenvalue weighted by Gasteiger charge is 2.19. The van der Waals surface area contributed by atoms with Crippen LogP contribution in [0, 0.1) is 20.8 Å². The molecule has 0 aliphatic rings. The first-order chi connectivity index (χ1) is 13.3. The Hall–Kier alpha value is -3.15. The molecule has 0 saturated heterocycles. The van der Waals surface area contributed by atoms with Crippen LogP contribution in [0.2, 0.25) is 0 Å². The van der Waals surface area contributed by atoms with Crippen LogP contribution in [0.1, 0.15) is 40.4 Å². The molecule has 0 heterocycles. The van der Waals surface area contributed by atoms with Gasteiger partial charge in [-0.05, 0) is 56.5 Å². The van der Waals surface area contributed by atoms with E-state index in [1.807, 2.05) is 51.1 Å². The smallest absolute Gasteiger partial charge is 0.308 e. The van der Waals surface area contributed by atoms with Crippen molar-refractivity contribution in [2.75, 3.05) is 11.9 Å². The van der Waals surface area contributed by atoms with Crippen LogP contribution in [0.4, 0.5) is 5.69 Å². The molecule has 0 radical (unpaired) electrons. The summed E-state index contributed by atoms with van der Waals surface area (Å²) < 4.78 is 5.16. The van der Waals surface area contributed by atoms with E-state index >= 15 is 0 Å². The van der Waals surface area contributed by atoms with Crippen LogP contribution in [0.3, 0.4) is 0 Å². The number of carbonyl (C=O) groups excluding carboxylic acids is 3.